The maximum Gasteiger partial charge on any atom is 0.219 e. The van der Waals surface area contributed by atoms with Gasteiger partial charge >= 0.3 is 0 Å². The molecule has 170 valence electrons. The SMILES string of the molecule is C=CCSc1nnc(N2C(N)=C(C#N)C(c3ccc(Cl)cc3Cl)C3=C2CC(C)(C)CC3=O)s1. The first-order valence-electron chi connectivity index (χ1n) is 10.1. The summed E-state index contributed by atoms with van der Waals surface area (Å²) in [5.41, 5.74) is 8.47. The molecule has 2 aliphatic rings. The van der Waals surface area contributed by atoms with E-state index in [2.05, 4.69) is 22.8 Å². The zero-order valence-electron chi connectivity index (χ0n) is 18.1. The highest BCUT2D eigenvalue weighted by Gasteiger charge is 2.45. The molecule has 0 saturated carbocycles. The number of ketones is 1. The van der Waals surface area contributed by atoms with Crippen LogP contribution in [0.4, 0.5) is 5.13 Å². The van der Waals surface area contributed by atoms with E-state index < -0.39 is 5.92 Å². The third kappa shape index (κ3) is 4.43. The number of aromatic nitrogens is 2. The summed E-state index contributed by atoms with van der Waals surface area (Å²) in [6.45, 7) is 7.82. The van der Waals surface area contributed by atoms with Crippen LogP contribution in [0.5, 0.6) is 0 Å². The highest BCUT2D eigenvalue weighted by molar-refractivity contribution is 8.01. The molecule has 2 N–H and O–H groups in total. The third-order valence-electron chi connectivity index (χ3n) is 5.57. The van der Waals surface area contributed by atoms with Gasteiger partial charge in [0.1, 0.15) is 5.82 Å². The van der Waals surface area contributed by atoms with E-state index >= 15 is 0 Å². The van der Waals surface area contributed by atoms with Crippen LogP contribution in [0.1, 0.15) is 38.2 Å². The third-order valence-corrected chi connectivity index (χ3v) is 8.17. The Morgan fingerprint density at radius 2 is 2.15 bits per heavy atom. The van der Waals surface area contributed by atoms with Gasteiger partial charge < -0.3 is 5.73 Å². The van der Waals surface area contributed by atoms with Crippen LogP contribution in [-0.4, -0.2) is 21.7 Å². The average Bonchev–Trinajstić information content (AvgIpc) is 3.19. The fourth-order valence-electron chi connectivity index (χ4n) is 4.26. The lowest BCUT2D eigenvalue weighted by Crippen LogP contribution is -2.42. The van der Waals surface area contributed by atoms with Crippen LogP contribution in [0.15, 0.2) is 57.9 Å². The lowest BCUT2D eigenvalue weighted by molar-refractivity contribution is -0.118. The van der Waals surface area contributed by atoms with Crippen molar-refractivity contribution in [3.63, 3.8) is 0 Å². The Kier molecular flexibility index (Phi) is 6.61. The number of allylic oxidation sites excluding steroid dienone is 3. The highest BCUT2D eigenvalue weighted by Crippen LogP contribution is 2.51. The van der Waals surface area contributed by atoms with Crippen molar-refractivity contribution in [2.75, 3.05) is 10.7 Å². The van der Waals surface area contributed by atoms with E-state index in [-0.39, 0.29) is 22.6 Å². The van der Waals surface area contributed by atoms with Crippen LogP contribution in [0.25, 0.3) is 0 Å². The van der Waals surface area contributed by atoms with E-state index in [1.165, 1.54) is 23.1 Å². The summed E-state index contributed by atoms with van der Waals surface area (Å²) in [6, 6.07) is 7.30. The van der Waals surface area contributed by atoms with Crippen LogP contribution in [-0.2, 0) is 4.79 Å². The number of rotatable bonds is 5. The summed E-state index contributed by atoms with van der Waals surface area (Å²) < 4.78 is 0.752. The summed E-state index contributed by atoms with van der Waals surface area (Å²) in [6.07, 6.45) is 2.73. The van der Waals surface area contributed by atoms with Crippen molar-refractivity contribution >= 4 is 57.2 Å². The molecule has 1 aromatic heterocycles. The van der Waals surface area contributed by atoms with Gasteiger partial charge in [0.05, 0.1) is 17.6 Å². The maximum atomic E-state index is 13.5. The van der Waals surface area contributed by atoms with Crippen molar-refractivity contribution in [1.82, 2.24) is 10.2 Å². The minimum atomic E-state index is -0.669. The molecule has 1 aliphatic heterocycles. The lowest BCUT2D eigenvalue weighted by atomic mass is 9.68. The lowest BCUT2D eigenvalue weighted by Gasteiger charge is -2.42. The van der Waals surface area contributed by atoms with Crippen molar-refractivity contribution in [3.05, 3.63) is 69.1 Å². The Morgan fingerprint density at radius 1 is 1.39 bits per heavy atom. The number of nitrogens with zero attached hydrogens (tertiary/aromatic N) is 4. The molecule has 10 heteroatoms. The molecule has 0 radical (unpaired) electrons. The van der Waals surface area contributed by atoms with Crippen molar-refractivity contribution in [2.24, 2.45) is 11.1 Å². The minimum Gasteiger partial charge on any atom is -0.384 e. The second-order valence-corrected chi connectivity index (χ2v) is 11.7. The van der Waals surface area contributed by atoms with Gasteiger partial charge in [0.2, 0.25) is 5.13 Å². The van der Waals surface area contributed by atoms with Crippen LogP contribution in [0, 0.1) is 16.7 Å². The molecule has 0 fully saturated rings. The number of halogens is 2. The van der Waals surface area contributed by atoms with Gasteiger partial charge in [0, 0.05) is 33.5 Å². The number of hydrogen-bond donors (Lipinski definition) is 1. The first-order chi connectivity index (χ1) is 15.7. The Labute approximate surface area is 210 Å². The van der Waals surface area contributed by atoms with E-state index in [1.807, 2.05) is 13.8 Å². The topological polar surface area (TPSA) is 95.9 Å². The maximum absolute atomic E-state index is 13.5. The molecule has 33 heavy (non-hydrogen) atoms. The van der Waals surface area contributed by atoms with E-state index in [0.717, 1.165) is 10.0 Å². The Morgan fingerprint density at radius 3 is 2.82 bits per heavy atom. The fourth-order valence-corrected chi connectivity index (χ4v) is 6.41. The second kappa shape index (κ2) is 9.15. The number of Topliss-reactive ketones (excluding diaryl/α,β-unsaturated/α-hetero) is 1. The zero-order valence-corrected chi connectivity index (χ0v) is 21.2. The number of benzene rings is 1. The Balaban J connectivity index is 1.94. The normalized spacial score (nSPS) is 20.0. The van der Waals surface area contributed by atoms with Gasteiger partial charge in [-0.1, -0.05) is 72.3 Å². The van der Waals surface area contributed by atoms with Crippen molar-refractivity contribution in [3.8, 4) is 6.07 Å². The predicted octanol–water partition coefficient (Wildman–Crippen LogP) is 6.06. The van der Waals surface area contributed by atoms with Crippen molar-refractivity contribution < 1.29 is 4.79 Å². The molecule has 0 amide bonds. The zero-order chi connectivity index (χ0) is 23.9. The molecule has 0 spiro atoms. The number of thioether (sulfide) groups is 1. The highest BCUT2D eigenvalue weighted by atomic mass is 35.5. The first-order valence-corrected chi connectivity index (χ1v) is 12.7. The number of carbonyl (C=O) groups excluding carboxylic acids is 1. The van der Waals surface area contributed by atoms with Gasteiger partial charge in [-0.2, -0.15) is 5.26 Å². The van der Waals surface area contributed by atoms with Gasteiger partial charge in [0.15, 0.2) is 10.1 Å². The Hall–Kier alpha value is -2.31. The fraction of sp³-hybridized carbons (Fsp3) is 0.304. The summed E-state index contributed by atoms with van der Waals surface area (Å²) in [7, 11) is 0. The molecule has 6 nitrogen and oxygen atoms in total. The van der Waals surface area contributed by atoms with Crippen LogP contribution in [0.2, 0.25) is 10.0 Å². The Bertz CT molecular complexity index is 1260. The average molecular weight is 518 g/mol. The quantitative estimate of drug-likeness (QED) is 0.379. The van der Waals surface area contributed by atoms with Gasteiger partial charge in [0.25, 0.3) is 0 Å². The molecule has 0 saturated heterocycles. The number of nitrogens with two attached hydrogens (primary N) is 1. The monoisotopic (exact) mass is 517 g/mol. The molecular weight excluding hydrogens is 497 g/mol. The number of anilines is 1. The number of carbonyl (C=O) groups is 1. The summed E-state index contributed by atoms with van der Waals surface area (Å²) >= 11 is 15.5. The van der Waals surface area contributed by atoms with Gasteiger partial charge in [-0.05, 0) is 29.5 Å². The second-order valence-electron chi connectivity index (χ2n) is 8.60. The van der Waals surface area contributed by atoms with Gasteiger partial charge in [-0.3, -0.25) is 9.69 Å². The van der Waals surface area contributed by atoms with Crippen LogP contribution >= 0.6 is 46.3 Å². The largest absolute Gasteiger partial charge is 0.384 e. The molecule has 1 unspecified atom stereocenters. The molecule has 1 atom stereocenters. The van der Waals surface area contributed by atoms with E-state index in [1.54, 1.807) is 29.2 Å². The number of hydrogen-bond acceptors (Lipinski definition) is 8. The summed E-state index contributed by atoms with van der Waals surface area (Å²) in [5, 5.41) is 20.1. The van der Waals surface area contributed by atoms with Gasteiger partial charge in [-0.15, -0.1) is 16.8 Å². The molecule has 0 bridgehead atoms. The van der Waals surface area contributed by atoms with E-state index in [9.17, 15) is 10.1 Å². The smallest absolute Gasteiger partial charge is 0.219 e. The summed E-state index contributed by atoms with van der Waals surface area (Å²) in [4.78, 5) is 15.2. The van der Waals surface area contributed by atoms with E-state index in [0.29, 0.717) is 44.9 Å². The predicted molar refractivity (Wildman–Crippen MR) is 134 cm³/mol. The summed E-state index contributed by atoms with van der Waals surface area (Å²) in [5.74, 6) is 0.222. The van der Waals surface area contributed by atoms with Crippen LogP contribution in [0.3, 0.4) is 0 Å². The number of nitriles is 1. The molecule has 4 rings (SSSR count). The molecule has 2 heterocycles. The molecule has 2 aromatic rings. The molecule has 1 aliphatic carbocycles. The van der Waals surface area contributed by atoms with Crippen molar-refractivity contribution in [1.29, 1.82) is 5.26 Å². The van der Waals surface area contributed by atoms with Crippen LogP contribution < -0.4 is 10.6 Å². The minimum absolute atomic E-state index is 0.0340. The van der Waals surface area contributed by atoms with Gasteiger partial charge in [-0.25, -0.2) is 0 Å². The first kappa shape index (κ1) is 23.8. The van der Waals surface area contributed by atoms with Crippen molar-refractivity contribution in [2.45, 2.75) is 36.9 Å². The van der Waals surface area contributed by atoms with E-state index in [4.69, 9.17) is 28.9 Å². The standard InChI is InChI=1S/C23H21Cl2N5OS2/c1-4-7-32-22-29-28-21(33-22)30-16-9-23(2,3)10-17(31)19(16)18(14(11-26)20(30)27)13-6-5-12(24)8-15(13)25/h4-6,8,18H,1,7,9-10,27H2,2-3H3. The molecular formula is C23H21Cl2N5OS2. The molecule has 1 aromatic carbocycles.